The van der Waals surface area contributed by atoms with Crippen molar-refractivity contribution in [3.05, 3.63) is 36.5 Å². The van der Waals surface area contributed by atoms with Crippen LogP contribution in [0, 0.1) is 0 Å². The van der Waals surface area contributed by atoms with E-state index >= 15 is 0 Å². The fourth-order valence-electron chi connectivity index (χ4n) is 12.9. The van der Waals surface area contributed by atoms with Crippen molar-refractivity contribution in [3.63, 3.8) is 0 Å². The van der Waals surface area contributed by atoms with Crippen LogP contribution in [0.15, 0.2) is 36.5 Å². The number of allylic oxidation sites excluding steroid dienone is 3. The summed E-state index contributed by atoms with van der Waals surface area (Å²) in [4.78, 5) is 77.8. The molecule has 100 heavy (non-hydrogen) atoms. The molecule has 0 heterocycles. The van der Waals surface area contributed by atoms with Crippen molar-refractivity contribution in [1.82, 2.24) is 0 Å². The average molecular weight is 1410 g/mol. The lowest BCUT2D eigenvalue weighted by Gasteiger charge is -2.27. The molecule has 12 heteroatoms. The molecule has 12 nitrogen and oxygen atoms in total. The van der Waals surface area contributed by atoms with Crippen LogP contribution in [0.25, 0.3) is 0 Å². The minimum atomic E-state index is -0.497. The van der Waals surface area contributed by atoms with Crippen molar-refractivity contribution in [1.29, 1.82) is 0 Å². The molecule has 0 aliphatic rings. The molecular formula is C88H162O12. The van der Waals surface area contributed by atoms with E-state index < -0.39 is 12.2 Å². The van der Waals surface area contributed by atoms with Gasteiger partial charge in [0.05, 0.1) is 6.61 Å². The van der Waals surface area contributed by atoms with Crippen molar-refractivity contribution >= 4 is 35.8 Å². The summed E-state index contributed by atoms with van der Waals surface area (Å²) < 4.78 is 36.1. The Kier molecular flexibility index (Phi) is 73.2. The van der Waals surface area contributed by atoms with E-state index in [0.717, 1.165) is 283 Å². The van der Waals surface area contributed by atoms with Crippen molar-refractivity contribution in [2.24, 2.45) is 0 Å². The summed E-state index contributed by atoms with van der Waals surface area (Å²) in [5.41, 5.74) is 0. The zero-order chi connectivity index (χ0) is 73.1. The van der Waals surface area contributed by atoms with Crippen LogP contribution in [0.5, 0.6) is 0 Å². The number of unbranched alkanes of at least 4 members (excludes halogenated alkanes) is 38. The highest BCUT2D eigenvalue weighted by Gasteiger charge is 2.29. The molecule has 0 spiro atoms. The van der Waals surface area contributed by atoms with Gasteiger partial charge in [-0.05, 0) is 148 Å². The highest BCUT2D eigenvalue weighted by Crippen LogP contribution is 2.25. The number of carbonyl (C=O) groups is 6. The lowest BCUT2D eigenvalue weighted by atomic mass is 9.98. The topological polar surface area (TPSA) is 158 Å². The van der Waals surface area contributed by atoms with Gasteiger partial charge in [0, 0.05) is 59.2 Å². The van der Waals surface area contributed by atoms with Gasteiger partial charge in [-0.15, -0.1) is 0 Å². The molecule has 0 bridgehead atoms. The summed E-state index contributed by atoms with van der Waals surface area (Å²) >= 11 is 0. The molecule has 0 saturated carbocycles. The van der Waals surface area contributed by atoms with Crippen LogP contribution in [-0.2, 0) is 57.2 Å². The number of rotatable bonds is 77. The van der Waals surface area contributed by atoms with Gasteiger partial charge in [0.15, 0.2) is 0 Å². The number of hydrogen-bond donors (Lipinski definition) is 0. The lowest BCUT2D eigenvalue weighted by molar-refractivity contribution is -0.169. The molecule has 0 aliphatic carbocycles. The standard InChI is InChI=1S/C88H160O12.H2/c1-8-15-22-26-43-57-69-81(99-87(93)75-61-46-37-31-28-34-41-54-66-78(63-51-23-16-9-2)96-84(90)72-49-19-12-5)82(100-88(94)76-62-47-38-32-29-35-42-55-67-79(64-52-24-17-10-3)97-85(91)73-50-20-13-6)70-58-44-39-48-60-74-86(92)98-80(65-53-25-18-11-4)68-56-40-33-27-30-36-45-59-71-83(89)95-77-21-14-7;/h40-42,54-56,78-82H,8-39,43-53,57-77H2,1-7H3;1H/b54-41-,55-42-,56-40-;/t78-,79-,80-,81+,82-;/m1./s1/i;1+1. The Morgan fingerprint density at radius 2 is 0.450 bits per heavy atom. The van der Waals surface area contributed by atoms with Gasteiger partial charge in [-0.2, -0.15) is 0 Å². The molecular weight excluding hydrogens is 1250 g/mol. The summed E-state index contributed by atoms with van der Waals surface area (Å²) in [7, 11) is 0. The summed E-state index contributed by atoms with van der Waals surface area (Å²) in [6, 6.07) is 0. The van der Waals surface area contributed by atoms with Gasteiger partial charge in [-0.1, -0.05) is 284 Å². The Labute approximate surface area is 618 Å². The zero-order valence-corrected chi connectivity index (χ0v) is 66.5. The van der Waals surface area contributed by atoms with Gasteiger partial charge >= 0.3 is 35.8 Å². The van der Waals surface area contributed by atoms with Crippen LogP contribution >= 0.6 is 0 Å². The molecule has 5 atom stereocenters. The molecule has 0 saturated heterocycles. The molecule has 0 radical (unpaired) electrons. The fraction of sp³-hybridized carbons (Fsp3) is 0.864. The lowest BCUT2D eigenvalue weighted by Crippen LogP contribution is -2.35. The third kappa shape index (κ3) is 67.2. The maximum absolute atomic E-state index is 13.8. The molecule has 0 fully saturated rings. The summed E-state index contributed by atoms with van der Waals surface area (Å²) in [6.45, 7) is 15.8. The van der Waals surface area contributed by atoms with Gasteiger partial charge in [-0.3, -0.25) is 28.8 Å². The van der Waals surface area contributed by atoms with Crippen LogP contribution < -0.4 is 0 Å². The SMILES string of the molecule is CCCCCCCC[C@H](OC(=O)CCCCCCC/C=C\C[C@@H](CCCCCC)OC(=O)CCCCC)[C@@H](CCCCCCCC(=O)O[C@@H](C/C=C\CCCCCCCC(=O)OCCCC)CCCCCC)OC(=O)CCCCCCC/C=C\C[C@@H](CCCCCC)OC(=O)CCCCC.[2HH]. The second-order valence-electron chi connectivity index (χ2n) is 29.3. The second kappa shape index (κ2) is 76.2. The first-order valence-corrected chi connectivity index (χ1v) is 43.0. The largest absolute Gasteiger partial charge is 0.466 e. The number of carbonyl (C=O) groups excluding carboxylic acids is 6. The normalized spacial score (nSPS) is 13.2. The number of esters is 6. The van der Waals surface area contributed by atoms with Crippen molar-refractivity contribution in [3.8, 4) is 0 Å². The van der Waals surface area contributed by atoms with Crippen molar-refractivity contribution in [2.75, 3.05) is 6.61 Å². The van der Waals surface area contributed by atoms with Crippen molar-refractivity contribution in [2.45, 2.75) is 483 Å². The monoisotopic (exact) mass is 1410 g/mol. The molecule has 0 unspecified atom stereocenters. The molecule has 0 aliphatic heterocycles. The van der Waals surface area contributed by atoms with Crippen LogP contribution in [0.2, 0.25) is 0 Å². The van der Waals surface area contributed by atoms with Gasteiger partial charge in [0.25, 0.3) is 0 Å². The fourth-order valence-corrected chi connectivity index (χ4v) is 12.9. The predicted octanol–water partition coefficient (Wildman–Crippen LogP) is 26.7. The highest BCUT2D eigenvalue weighted by atomic mass is 16.6. The maximum atomic E-state index is 13.8. The summed E-state index contributed by atoms with van der Waals surface area (Å²) in [6.07, 6.45) is 72.6. The maximum Gasteiger partial charge on any atom is 0.306 e. The Bertz CT molecular complexity index is 1950. The van der Waals surface area contributed by atoms with E-state index in [9.17, 15) is 28.8 Å². The Morgan fingerprint density at radius 3 is 0.760 bits per heavy atom. The van der Waals surface area contributed by atoms with E-state index in [-0.39, 0.29) is 55.6 Å². The molecule has 0 aromatic rings. The average Bonchev–Trinajstić information content (AvgIpc) is 0.985. The molecule has 586 valence electrons. The number of hydrogen-bond acceptors (Lipinski definition) is 12. The Balaban J connectivity index is 0. The highest BCUT2D eigenvalue weighted by molar-refractivity contribution is 5.71. The minimum absolute atomic E-state index is 0. The quantitative estimate of drug-likeness (QED) is 0.0246. The van der Waals surface area contributed by atoms with E-state index in [4.69, 9.17) is 28.4 Å². The van der Waals surface area contributed by atoms with Crippen molar-refractivity contribution < 1.29 is 58.6 Å². The molecule has 0 amide bonds. The van der Waals surface area contributed by atoms with E-state index in [2.05, 4.69) is 84.9 Å². The molecule has 0 aromatic carbocycles. The first-order valence-electron chi connectivity index (χ1n) is 43.0. The van der Waals surface area contributed by atoms with Gasteiger partial charge in [0.2, 0.25) is 0 Å². The van der Waals surface area contributed by atoms with Crippen LogP contribution in [0.3, 0.4) is 0 Å². The molecule has 0 aromatic heterocycles. The van der Waals surface area contributed by atoms with Crippen LogP contribution in [0.4, 0.5) is 0 Å². The second-order valence-corrected chi connectivity index (χ2v) is 29.3. The van der Waals surface area contributed by atoms with E-state index in [0.29, 0.717) is 58.0 Å². The van der Waals surface area contributed by atoms with Crippen LogP contribution in [0.1, 0.15) is 454 Å². The molecule has 0 rings (SSSR count). The third-order valence-electron chi connectivity index (χ3n) is 19.4. The van der Waals surface area contributed by atoms with Crippen LogP contribution in [-0.4, -0.2) is 72.9 Å². The van der Waals surface area contributed by atoms with E-state index in [1.807, 2.05) is 0 Å². The van der Waals surface area contributed by atoms with Gasteiger partial charge in [0.1, 0.15) is 30.5 Å². The summed E-state index contributed by atoms with van der Waals surface area (Å²) in [5, 5.41) is 0. The Hall–Kier alpha value is -3.96. The van der Waals surface area contributed by atoms with Gasteiger partial charge in [-0.25, -0.2) is 0 Å². The first-order chi connectivity index (χ1) is 49.0. The summed E-state index contributed by atoms with van der Waals surface area (Å²) in [5.74, 6) is -0.691. The first kappa shape index (κ1) is 96.0. The number of ether oxygens (including phenoxy) is 6. The zero-order valence-electron chi connectivity index (χ0n) is 66.5. The van der Waals surface area contributed by atoms with E-state index in [1.54, 1.807) is 0 Å². The Morgan fingerprint density at radius 1 is 0.230 bits per heavy atom. The molecule has 0 N–H and O–H groups in total. The predicted molar refractivity (Wildman–Crippen MR) is 420 cm³/mol. The third-order valence-corrected chi connectivity index (χ3v) is 19.4. The minimum Gasteiger partial charge on any atom is -0.466 e. The van der Waals surface area contributed by atoms with E-state index in [1.165, 1.54) is 70.6 Å². The van der Waals surface area contributed by atoms with Gasteiger partial charge < -0.3 is 28.4 Å². The smallest absolute Gasteiger partial charge is 0.306 e.